The average Bonchev–Trinajstić information content (AvgIpc) is 2.27. The molecule has 0 aromatic carbocycles. The van der Waals surface area contributed by atoms with Crippen molar-refractivity contribution in [2.45, 2.75) is 64.2 Å². The third-order valence-electron chi connectivity index (χ3n) is 3.60. The fourth-order valence-corrected chi connectivity index (χ4v) is 2.51. The van der Waals surface area contributed by atoms with Crippen LogP contribution in [0.3, 0.4) is 0 Å². The zero-order valence-corrected chi connectivity index (χ0v) is 12.1. The van der Waals surface area contributed by atoms with Crippen molar-refractivity contribution >= 4 is 17.6 Å². The molecule has 0 aliphatic heterocycles. The highest BCUT2D eigenvalue weighted by molar-refractivity contribution is 6.33. The molecule has 3 heteroatoms. The molecule has 0 atom stereocenters. The van der Waals surface area contributed by atoms with Crippen LogP contribution in [0.5, 0.6) is 0 Å². The topological polar surface area (TPSA) is 26.3 Å². The Kier molecular flexibility index (Phi) is 5.78. The number of halogens is 1. The van der Waals surface area contributed by atoms with Crippen LogP contribution in [0.4, 0.5) is 0 Å². The minimum Gasteiger partial charge on any atom is -0.464 e. The van der Waals surface area contributed by atoms with Crippen LogP contribution in [0, 0.1) is 11.8 Å². The van der Waals surface area contributed by atoms with Crippen molar-refractivity contribution in [2.24, 2.45) is 11.8 Å². The van der Waals surface area contributed by atoms with Crippen molar-refractivity contribution in [3.8, 4) is 0 Å². The third kappa shape index (κ3) is 5.29. The number of rotatable bonds is 5. The van der Waals surface area contributed by atoms with Gasteiger partial charge in [0, 0.05) is 0 Å². The van der Waals surface area contributed by atoms with E-state index in [1.807, 2.05) is 0 Å². The van der Waals surface area contributed by atoms with E-state index in [2.05, 4.69) is 6.92 Å². The van der Waals surface area contributed by atoms with E-state index in [1.165, 1.54) is 38.5 Å². The van der Waals surface area contributed by atoms with Crippen LogP contribution in [0.25, 0.3) is 0 Å². The lowest BCUT2D eigenvalue weighted by atomic mass is 9.80. The molecule has 1 saturated carbocycles. The predicted octanol–water partition coefficient (Wildman–Crippen LogP) is 4.15. The molecule has 1 aliphatic carbocycles. The lowest BCUT2D eigenvalue weighted by Crippen LogP contribution is -2.30. The highest BCUT2D eigenvalue weighted by Crippen LogP contribution is 2.31. The zero-order chi connectivity index (χ0) is 12.9. The van der Waals surface area contributed by atoms with Crippen molar-refractivity contribution in [1.82, 2.24) is 0 Å². The average molecular weight is 261 g/mol. The maximum absolute atomic E-state index is 11.5. The van der Waals surface area contributed by atoms with Gasteiger partial charge in [-0.2, -0.15) is 0 Å². The van der Waals surface area contributed by atoms with Gasteiger partial charge in [0.15, 0.2) is 0 Å². The van der Waals surface area contributed by atoms with Crippen LogP contribution >= 0.6 is 11.6 Å². The quantitative estimate of drug-likeness (QED) is 0.548. The summed E-state index contributed by atoms with van der Waals surface area (Å²) < 4.78 is 5.27. The molecule has 0 N–H and O–H groups in total. The van der Waals surface area contributed by atoms with Gasteiger partial charge in [0.05, 0.1) is 6.61 Å². The molecule has 1 rings (SSSR count). The van der Waals surface area contributed by atoms with Gasteiger partial charge in [0.1, 0.15) is 4.87 Å². The molecular formula is C14H25ClO2. The normalized spacial score (nSPS) is 25.6. The van der Waals surface area contributed by atoms with Gasteiger partial charge in [-0.1, -0.05) is 32.6 Å². The second-order valence-corrected chi connectivity index (χ2v) is 6.69. The van der Waals surface area contributed by atoms with E-state index in [-0.39, 0.29) is 5.97 Å². The summed E-state index contributed by atoms with van der Waals surface area (Å²) in [5.74, 6) is 1.15. The van der Waals surface area contributed by atoms with E-state index >= 15 is 0 Å². The summed E-state index contributed by atoms with van der Waals surface area (Å²) in [5.41, 5.74) is 0. The molecular weight excluding hydrogens is 236 g/mol. The van der Waals surface area contributed by atoms with Gasteiger partial charge in [-0.3, -0.25) is 4.79 Å². The minimum absolute atomic E-state index is 0.296. The zero-order valence-electron chi connectivity index (χ0n) is 11.3. The van der Waals surface area contributed by atoms with Crippen LogP contribution in [0.2, 0.25) is 0 Å². The molecule has 0 aromatic rings. The Morgan fingerprint density at radius 2 is 1.76 bits per heavy atom. The SMILES string of the molecule is CCCC1CCC(COC(=O)C(C)(C)Cl)CC1. The maximum Gasteiger partial charge on any atom is 0.326 e. The van der Waals surface area contributed by atoms with Gasteiger partial charge in [-0.05, 0) is 38.5 Å². The van der Waals surface area contributed by atoms with E-state index in [9.17, 15) is 4.79 Å². The van der Waals surface area contributed by atoms with Gasteiger partial charge in [-0.15, -0.1) is 11.6 Å². The Hall–Kier alpha value is -0.240. The van der Waals surface area contributed by atoms with Crippen LogP contribution in [-0.4, -0.2) is 17.5 Å². The summed E-state index contributed by atoms with van der Waals surface area (Å²) in [5, 5.41) is 0. The Labute approximate surface area is 110 Å². The Balaban J connectivity index is 2.21. The second kappa shape index (κ2) is 6.63. The predicted molar refractivity (Wildman–Crippen MR) is 71.2 cm³/mol. The van der Waals surface area contributed by atoms with E-state index in [0.717, 1.165) is 5.92 Å². The number of hydrogen-bond donors (Lipinski definition) is 0. The fourth-order valence-electron chi connectivity index (χ4n) is 2.46. The van der Waals surface area contributed by atoms with E-state index < -0.39 is 4.87 Å². The second-order valence-electron chi connectivity index (χ2n) is 5.75. The van der Waals surface area contributed by atoms with Crippen LogP contribution in [-0.2, 0) is 9.53 Å². The number of esters is 1. The summed E-state index contributed by atoms with van der Waals surface area (Å²) in [6.45, 7) is 6.15. The van der Waals surface area contributed by atoms with Crippen molar-refractivity contribution in [1.29, 1.82) is 0 Å². The van der Waals surface area contributed by atoms with Crippen molar-refractivity contribution in [3.05, 3.63) is 0 Å². The van der Waals surface area contributed by atoms with Crippen molar-refractivity contribution in [3.63, 3.8) is 0 Å². The first kappa shape index (κ1) is 14.8. The maximum atomic E-state index is 11.5. The number of carbonyl (C=O) groups excluding carboxylic acids is 1. The van der Waals surface area contributed by atoms with Gasteiger partial charge in [0.25, 0.3) is 0 Å². The summed E-state index contributed by atoms with van der Waals surface area (Å²) in [7, 11) is 0. The number of ether oxygens (including phenoxy) is 1. The Morgan fingerprint density at radius 1 is 1.24 bits per heavy atom. The Bertz CT molecular complexity index is 237. The number of hydrogen-bond acceptors (Lipinski definition) is 2. The molecule has 0 unspecified atom stereocenters. The summed E-state index contributed by atoms with van der Waals surface area (Å²) in [6, 6.07) is 0. The van der Waals surface area contributed by atoms with Crippen molar-refractivity contribution in [2.75, 3.05) is 6.61 Å². The first-order valence-electron chi connectivity index (χ1n) is 6.79. The van der Waals surface area contributed by atoms with Crippen molar-refractivity contribution < 1.29 is 9.53 Å². The molecule has 1 fully saturated rings. The smallest absolute Gasteiger partial charge is 0.326 e. The van der Waals surface area contributed by atoms with Crippen LogP contribution in [0.1, 0.15) is 59.3 Å². The first-order valence-corrected chi connectivity index (χ1v) is 7.17. The summed E-state index contributed by atoms with van der Waals surface area (Å²) >= 11 is 5.89. The molecule has 0 saturated heterocycles. The van der Waals surface area contributed by atoms with Gasteiger partial charge >= 0.3 is 5.97 Å². The van der Waals surface area contributed by atoms with Crippen LogP contribution in [0.15, 0.2) is 0 Å². The van der Waals surface area contributed by atoms with Gasteiger partial charge in [0.2, 0.25) is 0 Å². The minimum atomic E-state index is -0.889. The molecule has 100 valence electrons. The van der Waals surface area contributed by atoms with Gasteiger partial charge in [-0.25, -0.2) is 0 Å². The fraction of sp³-hybridized carbons (Fsp3) is 0.929. The molecule has 0 amide bonds. The summed E-state index contributed by atoms with van der Waals surface area (Å²) in [6.07, 6.45) is 7.61. The van der Waals surface area contributed by atoms with Crippen LogP contribution < -0.4 is 0 Å². The monoisotopic (exact) mass is 260 g/mol. The first-order chi connectivity index (χ1) is 7.93. The highest BCUT2D eigenvalue weighted by atomic mass is 35.5. The largest absolute Gasteiger partial charge is 0.464 e. The molecule has 1 aliphatic rings. The third-order valence-corrected chi connectivity index (χ3v) is 3.75. The molecule has 0 aromatic heterocycles. The summed E-state index contributed by atoms with van der Waals surface area (Å²) in [4.78, 5) is 10.6. The lowest BCUT2D eigenvalue weighted by Gasteiger charge is -2.28. The van der Waals surface area contributed by atoms with E-state index in [4.69, 9.17) is 16.3 Å². The number of carbonyl (C=O) groups is 1. The highest BCUT2D eigenvalue weighted by Gasteiger charge is 2.28. The van der Waals surface area contributed by atoms with Gasteiger partial charge < -0.3 is 4.74 Å². The van der Waals surface area contributed by atoms with E-state index in [1.54, 1.807) is 13.8 Å². The lowest BCUT2D eigenvalue weighted by molar-refractivity contribution is -0.147. The molecule has 0 bridgehead atoms. The molecule has 17 heavy (non-hydrogen) atoms. The Morgan fingerprint density at radius 3 is 2.24 bits per heavy atom. The molecule has 0 radical (unpaired) electrons. The molecule has 0 heterocycles. The number of alkyl halides is 1. The van der Waals surface area contributed by atoms with E-state index in [0.29, 0.717) is 12.5 Å². The standard InChI is InChI=1S/C14H25ClO2/c1-4-5-11-6-8-12(9-7-11)10-17-13(16)14(2,3)15/h11-12H,4-10H2,1-3H3. The molecule has 0 spiro atoms. The molecule has 2 nitrogen and oxygen atoms in total.